The van der Waals surface area contributed by atoms with Crippen LogP contribution >= 0.6 is 0 Å². The van der Waals surface area contributed by atoms with Crippen molar-refractivity contribution >= 4 is 0 Å². The second kappa shape index (κ2) is 5.49. The van der Waals surface area contributed by atoms with Crippen molar-refractivity contribution in [1.82, 2.24) is 10.3 Å². The SMILES string of the molecule is CCN(CC)C(NN)C(C)O. The number of hydrogen-bond donors (Lipinski definition) is 3. The number of hydrazine groups is 1. The molecular formula is C7H19N3O. The number of nitrogens with two attached hydrogens (primary N) is 1. The molecule has 0 aliphatic carbocycles. The Kier molecular flexibility index (Phi) is 5.41. The summed E-state index contributed by atoms with van der Waals surface area (Å²) >= 11 is 0. The first kappa shape index (κ1) is 10.8. The molecule has 0 aromatic rings. The van der Waals surface area contributed by atoms with Crippen molar-refractivity contribution in [3.05, 3.63) is 0 Å². The van der Waals surface area contributed by atoms with Gasteiger partial charge < -0.3 is 5.11 Å². The molecule has 0 saturated heterocycles. The zero-order chi connectivity index (χ0) is 8.85. The fourth-order valence-corrected chi connectivity index (χ4v) is 1.17. The summed E-state index contributed by atoms with van der Waals surface area (Å²) < 4.78 is 0. The van der Waals surface area contributed by atoms with E-state index in [4.69, 9.17) is 5.84 Å². The number of nitrogens with one attached hydrogen (secondary N) is 1. The fourth-order valence-electron chi connectivity index (χ4n) is 1.17. The van der Waals surface area contributed by atoms with Crippen molar-refractivity contribution in [2.75, 3.05) is 13.1 Å². The fraction of sp³-hybridized carbons (Fsp3) is 1.00. The van der Waals surface area contributed by atoms with Gasteiger partial charge in [0.05, 0.1) is 12.3 Å². The Morgan fingerprint density at radius 2 is 1.91 bits per heavy atom. The van der Waals surface area contributed by atoms with E-state index < -0.39 is 6.10 Å². The molecule has 0 aliphatic heterocycles. The molecule has 2 unspecified atom stereocenters. The molecule has 0 spiro atoms. The Morgan fingerprint density at radius 1 is 1.45 bits per heavy atom. The van der Waals surface area contributed by atoms with E-state index in [0.717, 1.165) is 13.1 Å². The van der Waals surface area contributed by atoms with Gasteiger partial charge in [0.2, 0.25) is 0 Å². The maximum atomic E-state index is 9.26. The van der Waals surface area contributed by atoms with Crippen LogP contribution in [0.1, 0.15) is 20.8 Å². The van der Waals surface area contributed by atoms with Gasteiger partial charge >= 0.3 is 0 Å². The smallest absolute Gasteiger partial charge is 0.0986 e. The highest BCUT2D eigenvalue weighted by atomic mass is 16.3. The molecular weight excluding hydrogens is 142 g/mol. The van der Waals surface area contributed by atoms with Gasteiger partial charge in [0.25, 0.3) is 0 Å². The number of aliphatic hydroxyl groups is 1. The molecule has 4 N–H and O–H groups in total. The van der Waals surface area contributed by atoms with E-state index in [1.807, 2.05) is 13.8 Å². The lowest BCUT2D eigenvalue weighted by Gasteiger charge is -2.30. The van der Waals surface area contributed by atoms with E-state index in [0.29, 0.717) is 0 Å². The van der Waals surface area contributed by atoms with Crippen LogP contribution in [0.2, 0.25) is 0 Å². The maximum Gasteiger partial charge on any atom is 0.0986 e. The molecule has 0 bridgehead atoms. The Balaban J connectivity index is 3.98. The minimum atomic E-state index is -0.445. The summed E-state index contributed by atoms with van der Waals surface area (Å²) in [5.74, 6) is 5.27. The normalized spacial score (nSPS) is 16.9. The first-order chi connectivity index (χ1) is 5.17. The van der Waals surface area contributed by atoms with Gasteiger partial charge in [0, 0.05) is 0 Å². The maximum absolute atomic E-state index is 9.26. The van der Waals surface area contributed by atoms with E-state index in [-0.39, 0.29) is 6.17 Å². The molecule has 68 valence electrons. The summed E-state index contributed by atoms with van der Waals surface area (Å²) in [5.41, 5.74) is 2.58. The average molecular weight is 161 g/mol. The number of likely N-dealkylation sites (N-methyl/N-ethyl adjacent to an activating group) is 1. The van der Waals surface area contributed by atoms with E-state index in [9.17, 15) is 5.11 Å². The van der Waals surface area contributed by atoms with Gasteiger partial charge in [0.1, 0.15) is 0 Å². The first-order valence-electron chi connectivity index (χ1n) is 4.05. The lowest BCUT2D eigenvalue weighted by molar-refractivity contribution is 0.0466. The van der Waals surface area contributed by atoms with Gasteiger partial charge in [-0.1, -0.05) is 13.8 Å². The molecule has 2 atom stereocenters. The highest BCUT2D eigenvalue weighted by molar-refractivity contribution is 4.69. The van der Waals surface area contributed by atoms with Gasteiger partial charge in [-0.05, 0) is 20.0 Å². The average Bonchev–Trinajstić information content (AvgIpc) is 1.99. The quantitative estimate of drug-likeness (QED) is 0.289. The number of hydrogen-bond acceptors (Lipinski definition) is 4. The Labute approximate surface area is 68.3 Å². The van der Waals surface area contributed by atoms with Gasteiger partial charge in [0.15, 0.2) is 0 Å². The molecule has 11 heavy (non-hydrogen) atoms. The molecule has 0 heterocycles. The molecule has 0 radical (unpaired) electrons. The number of nitrogens with zero attached hydrogens (tertiary/aromatic N) is 1. The molecule has 0 fully saturated rings. The Morgan fingerprint density at radius 3 is 2.00 bits per heavy atom. The summed E-state index contributed by atoms with van der Waals surface area (Å²) in [6.45, 7) is 7.57. The van der Waals surface area contributed by atoms with E-state index in [2.05, 4.69) is 10.3 Å². The first-order valence-corrected chi connectivity index (χ1v) is 4.05. The summed E-state index contributed by atoms with van der Waals surface area (Å²) in [6.07, 6.45) is -0.579. The monoisotopic (exact) mass is 161 g/mol. The van der Waals surface area contributed by atoms with Gasteiger partial charge in [-0.25, -0.2) is 5.43 Å². The van der Waals surface area contributed by atoms with Crippen LogP contribution in [0.3, 0.4) is 0 Å². The standard InChI is InChI=1S/C7H19N3O/c1-4-10(5-2)7(9-8)6(3)11/h6-7,9,11H,4-5,8H2,1-3H3. The van der Waals surface area contributed by atoms with Crippen molar-refractivity contribution in [3.63, 3.8) is 0 Å². The Hall–Kier alpha value is -0.160. The second-order valence-corrected chi connectivity index (χ2v) is 2.57. The van der Waals surface area contributed by atoms with Crippen LogP contribution in [0, 0.1) is 0 Å². The molecule has 0 rings (SSSR count). The number of rotatable bonds is 5. The third-order valence-electron chi connectivity index (χ3n) is 1.83. The molecule has 0 saturated carbocycles. The second-order valence-electron chi connectivity index (χ2n) is 2.57. The minimum Gasteiger partial charge on any atom is -0.390 e. The zero-order valence-corrected chi connectivity index (χ0v) is 7.54. The molecule has 4 nitrogen and oxygen atoms in total. The van der Waals surface area contributed by atoms with Crippen molar-refractivity contribution < 1.29 is 5.11 Å². The van der Waals surface area contributed by atoms with E-state index in [1.165, 1.54) is 0 Å². The third-order valence-corrected chi connectivity index (χ3v) is 1.83. The van der Waals surface area contributed by atoms with Crippen LogP contribution in [-0.2, 0) is 0 Å². The summed E-state index contributed by atoms with van der Waals surface area (Å²) in [7, 11) is 0. The topological polar surface area (TPSA) is 61.5 Å². The largest absolute Gasteiger partial charge is 0.390 e. The van der Waals surface area contributed by atoms with Crippen molar-refractivity contribution in [2.45, 2.75) is 33.0 Å². The van der Waals surface area contributed by atoms with Crippen LogP contribution in [0.5, 0.6) is 0 Å². The predicted octanol–water partition coefficient (Wildman–Crippen LogP) is -0.502. The lowest BCUT2D eigenvalue weighted by atomic mass is 10.3. The van der Waals surface area contributed by atoms with Gasteiger partial charge in [-0.2, -0.15) is 0 Å². The molecule has 0 aliphatic rings. The van der Waals surface area contributed by atoms with Crippen LogP contribution in [0.15, 0.2) is 0 Å². The highest BCUT2D eigenvalue weighted by Crippen LogP contribution is 1.99. The molecule has 0 aromatic heterocycles. The predicted molar refractivity (Wildman–Crippen MR) is 45.7 cm³/mol. The van der Waals surface area contributed by atoms with Gasteiger partial charge in [-0.3, -0.25) is 10.7 Å². The summed E-state index contributed by atoms with van der Waals surface area (Å²) in [6, 6.07) is 0. The molecule has 0 amide bonds. The highest BCUT2D eigenvalue weighted by Gasteiger charge is 2.18. The third kappa shape index (κ3) is 3.16. The van der Waals surface area contributed by atoms with Crippen LogP contribution in [0.4, 0.5) is 0 Å². The van der Waals surface area contributed by atoms with Crippen LogP contribution < -0.4 is 11.3 Å². The van der Waals surface area contributed by atoms with Crippen LogP contribution in [0.25, 0.3) is 0 Å². The van der Waals surface area contributed by atoms with Crippen molar-refractivity contribution in [1.29, 1.82) is 0 Å². The zero-order valence-electron chi connectivity index (χ0n) is 7.54. The minimum absolute atomic E-state index is 0.134. The van der Waals surface area contributed by atoms with E-state index >= 15 is 0 Å². The summed E-state index contributed by atoms with van der Waals surface area (Å²) in [5, 5.41) is 9.26. The Bertz CT molecular complexity index is 93.7. The lowest BCUT2D eigenvalue weighted by Crippen LogP contribution is -2.54. The van der Waals surface area contributed by atoms with E-state index in [1.54, 1.807) is 6.92 Å². The van der Waals surface area contributed by atoms with Gasteiger partial charge in [-0.15, -0.1) is 0 Å². The van der Waals surface area contributed by atoms with Crippen molar-refractivity contribution in [3.8, 4) is 0 Å². The molecule has 0 aromatic carbocycles. The number of aliphatic hydroxyl groups excluding tert-OH is 1. The van der Waals surface area contributed by atoms with Crippen molar-refractivity contribution in [2.24, 2.45) is 5.84 Å². The summed E-state index contributed by atoms with van der Waals surface area (Å²) in [4.78, 5) is 2.06. The molecule has 4 heteroatoms. The van der Waals surface area contributed by atoms with Crippen LogP contribution in [-0.4, -0.2) is 35.4 Å².